The molecule has 0 unspecified atom stereocenters. The predicted molar refractivity (Wildman–Crippen MR) is 54.8 cm³/mol. The van der Waals surface area contributed by atoms with E-state index in [0.29, 0.717) is 0 Å². The maximum Gasteiger partial charge on any atom is 0.239 e. The van der Waals surface area contributed by atoms with Gasteiger partial charge in [0.1, 0.15) is 0 Å². The van der Waals surface area contributed by atoms with Crippen LogP contribution in [0.2, 0.25) is 0 Å². The van der Waals surface area contributed by atoms with Crippen molar-refractivity contribution in [3.8, 4) is 0 Å². The molecular weight excluding hydrogens is 196 g/mol. The first-order chi connectivity index (χ1) is 5.22. The number of hydrogen-bond donors (Lipinski definition) is 1. The third-order valence-corrected chi connectivity index (χ3v) is 2.65. The fourth-order valence-corrected chi connectivity index (χ4v) is 1.97. The minimum Gasteiger partial charge on any atom is -0.340 e. The summed E-state index contributed by atoms with van der Waals surface area (Å²) in [6.07, 6.45) is 0. The van der Waals surface area contributed by atoms with Crippen molar-refractivity contribution in [3.05, 3.63) is 0 Å². The second kappa shape index (κ2) is 5.67. The van der Waals surface area contributed by atoms with Crippen LogP contribution < -0.4 is 5.73 Å². The molecule has 1 aliphatic heterocycles. The topological polar surface area (TPSA) is 46.3 Å². The smallest absolute Gasteiger partial charge is 0.239 e. The third-order valence-electron chi connectivity index (χ3n) is 1.71. The summed E-state index contributed by atoms with van der Waals surface area (Å²) in [5, 5.41) is 0. The summed E-state index contributed by atoms with van der Waals surface area (Å²) >= 11 is 1.89. The Morgan fingerprint density at radius 2 is 2.00 bits per heavy atom. The summed E-state index contributed by atoms with van der Waals surface area (Å²) in [5.74, 6) is 2.20. The highest BCUT2D eigenvalue weighted by Gasteiger charge is 2.18. The Kier molecular flexibility index (Phi) is 5.70. The first-order valence-corrected chi connectivity index (χ1v) is 4.99. The van der Waals surface area contributed by atoms with Gasteiger partial charge in [-0.15, -0.1) is 12.4 Å². The molecule has 3 nitrogen and oxygen atoms in total. The summed E-state index contributed by atoms with van der Waals surface area (Å²) < 4.78 is 0. The van der Waals surface area contributed by atoms with E-state index in [4.69, 9.17) is 5.73 Å². The molecule has 1 fully saturated rings. The van der Waals surface area contributed by atoms with Crippen LogP contribution in [-0.2, 0) is 4.79 Å². The first kappa shape index (κ1) is 12.1. The average Bonchev–Trinajstić information content (AvgIpc) is 2.05. The molecule has 0 spiro atoms. The molecule has 12 heavy (non-hydrogen) atoms. The molecule has 0 aromatic carbocycles. The van der Waals surface area contributed by atoms with Crippen molar-refractivity contribution < 1.29 is 4.79 Å². The number of halogens is 1. The van der Waals surface area contributed by atoms with Gasteiger partial charge < -0.3 is 10.6 Å². The third kappa shape index (κ3) is 3.21. The number of rotatable bonds is 1. The Labute approximate surface area is 83.5 Å². The largest absolute Gasteiger partial charge is 0.340 e. The van der Waals surface area contributed by atoms with Gasteiger partial charge in [-0.2, -0.15) is 11.8 Å². The van der Waals surface area contributed by atoms with Gasteiger partial charge in [-0.05, 0) is 6.92 Å². The molecule has 0 aliphatic carbocycles. The second-order valence-electron chi connectivity index (χ2n) is 2.73. The van der Waals surface area contributed by atoms with E-state index < -0.39 is 0 Å². The van der Waals surface area contributed by atoms with Gasteiger partial charge in [0.25, 0.3) is 0 Å². The Morgan fingerprint density at radius 3 is 2.42 bits per heavy atom. The minimum absolute atomic E-state index is 0. The monoisotopic (exact) mass is 210 g/mol. The van der Waals surface area contributed by atoms with Crippen LogP contribution in [0, 0.1) is 0 Å². The van der Waals surface area contributed by atoms with Gasteiger partial charge in [-0.25, -0.2) is 0 Å². The fraction of sp³-hybridized carbons (Fsp3) is 0.857. The summed E-state index contributed by atoms with van der Waals surface area (Å²) in [7, 11) is 0. The van der Waals surface area contributed by atoms with Crippen LogP contribution in [0.15, 0.2) is 0 Å². The van der Waals surface area contributed by atoms with Gasteiger partial charge in [0, 0.05) is 24.6 Å². The molecular formula is C7H15ClN2OS. The zero-order valence-corrected chi connectivity index (χ0v) is 8.79. The highest BCUT2D eigenvalue weighted by atomic mass is 35.5. The molecule has 5 heteroatoms. The van der Waals surface area contributed by atoms with E-state index >= 15 is 0 Å². The van der Waals surface area contributed by atoms with Crippen molar-refractivity contribution in [1.82, 2.24) is 4.90 Å². The molecule has 2 N–H and O–H groups in total. The highest BCUT2D eigenvalue weighted by Crippen LogP contribution is 2.09. The Balaban J connectivity index is 0.00000121. The lowest BCUT2D eigenvalue weighted by atomic mass is 10.3. The van der Waals surface area contributed by atoms with Crippen LogP contribution in [0.3, 0.4) is 0 Å². The van der Waals surface area contributed by atoms with Gasteiger partial charge in [-0.3, -0.25) is 4.79 Å². The van der Waals surface area contributed by atoms with Crippen LogP contribution in [0.4, 0.5) is 0 Å². The molecule has 1 saturated heterocycles. The lowest BCUT2D eigenvalue weighted by molar-refractivity contribution is -0.131. The van der Waals surface area contributed by atoms with E-state index in [1.807, 2.05) is 16.7 Å². The number of carbonyl (C=O) groups is 1. The van der Waals surface area contributed by atoms with E-state index in [2.05, 4.69) is 0 Å². The number of nitrogens with two attached hydrogens (primary N) is 1. The zero-order valence-electron chi connectivity index (χ0n) is 7.16. The van der Waals surface area contributed by atoms with Crippen molar-refractivity contribution >= 4 is 30.1 Å². The molecule has 72 valence electrons. The number of amides is 1. The summed E-state index contributed by atoms with van der Waals surface area (Å²) in [5.41, 5.74) is 5.47. The van der Waals surface area contributed by atoms with Gasteiger partial charge >= 0.3 is 0 Å². The maximum atomic E-state index is 11.3. The highest BCUT2D eigenvalue weighted by molar-refractivity contribution is 7.99. The number of thioether (sulfide) groups is 1. The van der Waals surface area contributed by atoms with Crippen molar-refractivity contribution in [3.63, 3.8) is 0 Å². The summed E-state index contributed by atoms with van der Waals surface area (Å²) in [6.45, 7) is 3.47. The van der Waals surface area contributed by atoms with Crippen molar-refractivity contribution in [2.75, 3.05) is 24.6 Å². The quantitative estimate of drug-likeness (QED) is 0.679. The summed E-state index contributed by atoms with van der Waals surface area (Å²) in [4.78, 5) is 13.1. The van der Waals surface area contributed by atoms with E-state index in [9.17, 15) is 4.79 Å². The van der Waals surface area contributed by atoms with E-state index in [1.54, 1.807) is 6.92 Å². The first-order valence-electron chi connectivity index (χ1n) is 3.84. The maximum absolute atomic E-state index is 11.3. The van der Waals surface area contributed by atoms with Crippen LogP contribution >= 0.6 is 24.2 Å². The van der Waals surface area contributed by atoms with Crippen LogP contribution in [-0.4, -0.2) is 41.4 Å². The zero-order chi connectivity index (χ0) is 8.27. The van der Waals surface area contributed by atoms with Gasteiger partial charge in [0.2, 0.25) is 5.91 Å². The van der Waals surface area contributed by atoms with Crippen molar-refractivity contribution in [2.45, 2.75) is 13.0 Å². The van der Waals surface area contributed by atoms with Crippen LogP contribution in [0.1, 0.15) is 6.92 Å². The van der Waals surface area contributed by atoms with E-state index in [-0.39, 0.29) is 24.4 Å². The van der Waals surface area contributed by atoms with E-state index in [1.165, 1.54) is 0 Å². The molecule has 1 amide bonds. The number of hydrogen-bond acceptors (Lipinski definition) is 3. The lowest BCUT2D eigenvalue weighted by Crippen LogP contribution is -2.45. The van der Waals surface area contributed by atoms with Crippen molar-refractivity contribution in [2.24, 2.45) is 5.73 Å². The van der Waals surface area contributed by atoms with Crippen LogP contribution in [0.25, 0.3) is 0 Å². The van der Waals surface area contributed by atoms with Crippen LogP contribution in [0.5, 0.6) is 0 Å². The molecule has 1 atom stereocenters. The molecule has 0 saturated carbocycles. The average molecular weight is 211 g/mol. The molecule has 0 aromatic heterocycles. The number of nitrogens with zero attached hydrogens (tertiary/aromatic N) is 1. The minimum atomic E-state index is -0.335. The summed E-state index contributed by atoms with van der Waals surface area (Å²) in [6, 6.07) is -0.335. The van der Waals surface area contributed by atoms with Gasteiger partial charge in [0.05, 0.1) is 6.04 Å². The van der Waals surface area contributed by atoms with Gasteiger partial charge in [0.15, 0.2) is 0 Å². The fourth-order valence-electron chi connectivity index (χ4n) is 1.07. The Morgan fingerprint density at radius 1 is 1.50 bits per heavy atom. The molecule has 0 bridgehead atoms. The number of carbonyl (C=O) groups excluding carboxylic acids is 1. The second-order valence-corrected chi connectivity index (χ2v) is 3.95. The Hall–Kier alpha value is 0.0700. The molecule has 1 aliphatic rings. The SMILES string of the molecule is C[C@@H](N)C(=O)N1CCSCC1.Cl. The van der Waals surface area contributed by atoms with E-state index in [0.717, 1.165) is 24.6 Å². The van der Waals surface area contributed by atoms with Crippen molar-refractivity contribution in [1.29, 1.82) is 0 Å². The Bertz CT molecular complexity index is 148. The predicted octanol–water partition coefficient (Wildman–Crippen LogP) is 0.331. The standard InChI is InChI=1S/C7H14N2OS.ClH/c1-6(8)7(10)9-2-4-11-5-3-9;/h6H,2-5,8H2,1H3;1H/t6-;/m1./s1. The molecule has 0 aromatic rings. The lowest BCUT2D eigenvalue weighted by Gasteiger charge is -2.27. The molecule has 0 radical (unpaired) electrons. The molecule has 1 rings (SSSR count). The van der Waals surface area contributed by atoms with Gasteiger partial charge in [-0.1, -0.05) is 0 Å². The normalized spacial score (nSPS) is 19.7. The molecule has 1 heterocycles.